The van der Waals surface area contributed by atoms with E-state index in [1.165, 1.54) is 17.0 Å². The molecule has 1 atom stereocenters. The van der Waals surface area contributed by atoms with E-state index in [0.717, 1.165) is 22.7 Å². The molecule has 0 heterocycles. The lowest BCUT2D eigenvalue weighted by Crippen LogP contribution is -2.51. The van der Waals surface area contributed by atoms with Gasteiger partial charge in [-0.15, -0.1) is 0 Å². The number of ether oxygens (including phenoxy) is 2. The van der Waals surface area contributed by atoms with Gasteiger partial charge >= 0.3 is 0 Å². The van der Waals surface area contributed by atoms with Gasteiger partial charge in [-0.3, -0.25) is 13.9 Å². The molecule has 0 aliphatic carbocycles. The molecular weight excluding hydrogens is 542 g/mol. The van der Waals surface area contributed by atoms with E-state index in [1.54, 1.807) is 81.6 Å². The SMILES string of the molecule is CCCCNC(=O)[C@@H](C)N(Cc1cccc(OC)c1)C(=O)CN(c1ccccc1OCC)S(=O)(=O)c1ccccc1. The molecule has 0 bridgehead atoms. The molecule has 9 nitrogen and oxygen atoms in total. The molecule has 0 spiro atoms. The van der Waals surface area contributed by atoms with Crippen LogP contribution in [0.2, 0.25) is 0 Å². The molecule has 41 heavy (non-hydrogen) atoms. The number of hydrogen-bond acceptors (Lipinski definition) is 6. The zero-order valence-corrected chi connectivity index (χ0v) is 24.9. The fourth-order valence-corrected chi connectivity index (χ4v) is 5.71. The number of unbranched alkanes of at least 4 members (excludes halogenated alkanes) is 1. The minimum atomic E-state index is -4.19. The summed E-state index contributed by atoms with van der Waals surface area (Å²) in [5, 5.41) is 2.88. The van der Waals surface area contributed by atoms with Crippen LogP contribution in [0.4, 0.5) is 5.69 Å². The lowest BCUT2D eigenvalue weighted by Gasteiger charge is -2.32. The number of carbonyl (C=O) groups excluding carboxylic acids is 2. The standard InChI is InChI=1S/C31H39N3O6S/c1-5-7-20-32-31(36)24(3)33(22-25-14-13-15-26(21-25)39-4)30(35)23-34(28-18-11-12-19-29(28)40-6-2)41(37,38)27-16-9-8-10-17-27/h8-19,21,24H,5-7,20,22-23H2,1-4H3,(H,32,36)/t24-/m1/s1. The Labute approximate surface area is 243 Å². The van der Waals surface area contributed by atoms with Gasteiger partial charge in [0.15, 0.2) is 0 Å². The fourth-order valence-electron chi connectivity index (χ4n) is 4.26. The van der Waals surface area contributed by atoms with E-state index >= 15 is 0 Å². The number of sulfonamides is 1. The molecule has 0 saturated heterocycles. The summed E-state index contributed by atoms with van der Waals surface area (Å²) in [5.41, 5.74) is 0.964. The summed E-state index contributed by atoms with van der Waals surface area (Å²) in [6.07, 6.45) is 1.71. The van der Waals surface area contributed by atoms with E-state index in [4.69, 9.17) is 9.47 Å². The molecule has 0 fully saturated rings. The molecule has 2 amide bonds. The van der Waals surface area contributed by atoms with Gasteiger partial charge in [-0.05, 0) is 62.2 Å². The zero-order chi connectivity index (χ0) is 29.8. The van der Waals surface area contributed by atoms with Gasteiger partial charge in [-0.1, -0.05) is 55.8 Å². The minimum absolute atomic E-state index is 0.0313. The second-order valence-electron chi connectivity index (χ2n) is 9.42. The Kier molecular flexibility index (Phi) is 11.6. The first-order chi connectivity index (χ1) is 19.7. The van der Waals surface area contributed by atoms with Crippen LogP contribution in [0, 0.1) is 0 Å². The number of carbonyl (C=O) groups is 2. The Morgan fingerprint density at radius 3 is 2.34 bits per heavy atom. The van der Waals surface area contributed by atoms with Crippen molar-refractivity contribution in [3.8, 4) is 11.5 Å². The molecule has 10 heteroatoms. The van der Waals surface area contributed by atoms with E-state index in [1.807, 2.05) is 13.0 Å². The monoisotopic (exact) mass is 581 g/mol. The van der Waals surface area contributed by atoms with Crippen LogP contribution in [-0.4, -0.2) is 58.0 Å². The van der Waals surface area contributed by atoms with Crippen LogP contribution < -0.4 is 19.1 Å². The van der Waals surface area contributed by atoms with E-state index in [9.17, 15) is 18.0 Å². The molecular formula is C31H39N3O6S. The first-order valence-corrected chi connectivity index (χ1v) is 15.2. The lowest BCUT2D eigenvalue weighted by atomic mass is 10.1. The number of nitrogens with zero attached hydrogens (tertiary/aromatic N) is 2. The highest BCUT2D eigenvalue weighted by Crippen LogP contribution is 2.33. The van der Waals surface area contributed by atoms with Crippen molar-refractivity contribution in [3.05, 3.63) is 84.4 Å². The topological polar surface area (TPSA) is 105 Å². The van der Waals surface area contributed by atoms with Crippen molar-refractivity contribution in [1.82, 2.24) is 10.2 Å². The van der Waals surface area contributed by atoms with Crippen LogP contribution in [0.15, 0.2) is 83.8 Å². The third kappa shape index (κ3) is 8.23. The molecule has 0 aromatic heterocycles. The van der Waals surface area contributed by atoms with Gasteiger partial charge in [0.05, 0.1) is 24.3 Å². The average Bonchev–Trinajstić information content (AvgIpc) is 2.99. The summed E-state index contributed by atoms with van der Waals surface area (Å²) in [7, 11) is -2.64. The van der Waals surface area contributed by atoms with Gasteiger partial charge < -0.3 is 19.7 Å². The number of methoxy groups -OCH3 is 1. The fraction of sp³-hybridized carbons (Fsp3) is 0.355. The molecule has 0 radical (unpaired) electrons. The largest absolute Gasteiger partial charge is 0.497 e. The van der Waals surface area contributed by atoms with Gasteiger partial charge in [0.2, 0.25) is 11.8 Å². The number of para-hydroxylation sites is 2. The maximum atomic E-state index is 14.1. The molecule has 3 aromatic carbocycles. The summed E-state index contributed by atoms with van der Waals surface area (Å²) >= 11 is 0. The van der Waals surface area contributed by atoms with Crippen LogP contribution in [0.3, 0.4) is 0 Å². The molecule has 3 aromatic rings. The summed E-state index contributed by atoms with van der Waals surface area (Å²) in [6, 6.07) is 20.9. The number of amides is 2. The van der Waals surface area contributed by atoms with Crippen molar-refractivity contribution >= 4 is 27.5 Å². The average molecular weight is 582 g/mol. The summed E-state index contributed by atoms with van der Waals surface area (Å²) in [6.45, 7) is 5.78. The van der Waals surface area contributed by atoms with Crippen LogP contribution in [0.5, 0.6) is 11.5 Å². The van der Waals surface area contributed by atoms with Crippen LogP contribution in [-0.2, 0) is 26.2 Å². The second-order valence-corrected chi connectivity index (χ2v) is 11.3. The molecule has 0 saturated carbocycles. The third-order valence-corrected chi connectivity index (χ3v) is 8.30. The first kappa shape index (κ1) is 31.5. The van der Waals surface area contributed by atoms with E-state index in [2.05, 4.69) is 5.32 Å². The van der Waals surface area contributed by atoms with Crippen molar-refractivity contribution in [2.75, 3.05) is 31.1 Å². The van der Waals surface area contributed by atoms with Crippen molar-refractivity contribution in [3.63, 3.8) is 0 Å². The van der Waals surface area contributed by atoms with Crippen molar-refractivity contribution < 1.29 is 27.5 Å². The Bertz CT molecular complexity index is 1400. The van der Waals surface area contributed by atoms with Gasteiger partial charge in [-0.2, -0.15) is 0 Å². The smallest absolute Gasteiger partial charge is 0.264 e. The molecule has 0 unspecified atom stereocenters. The van der Waals surface area contributed by atoms with Gasteiger partial charge in [0, 0.05) is 13.1 Å². The molecule has 1 N–H and O–H groups in total. The number of rotatable bonds is 15. The van der Waals surface area contributed by atoms with Gasteiger partial charge in [0.1, 0.15) is 24.1 Å². The minimum Gasteiger partial charge on any atom is -0.497 e. The summed E-state index contributed by atoms with van der Waals surface area (Å²) < 4.78 is 40.1. The zero-order valence-electron chi connectivity index (χ0n) is 24.1. The van der Waals surface area contributed by atoms with E-state index in [0.29, 0.717) is 24.7 Å². The highest BCUT2D eigenvalue weighted by atomic mass is 32.2. The van der Waals surface area contributed by atoms with Crippen molar-refractivity contribution in [1.29, 1.82) is 0 Å². The maximum Gasteiger partial charge on any atom is 0.264 e. The third-order valence-electron chi connectivity index (χ3n) is 6.53. The molecule has 220 valence electrons. The first-order valence-electron chi connectivity index (χ1n) is 13.7. The normalized spacial score (nSPS) is 11.8. The van der Waals surface area contributed by atoms with Gasteiger partial charge in [0.25, 0.3) is 10.0 Å². The summed E-state index contributed by atoms with van der Waals surface area (Å²) in [4.78, 5) is 28.6. The Morgan fingerprint density at radius 1 is 0.951 bits per heavy atom. The Hall–Kier alpha value is -4.05. The van der Waals surface area contributed by atoms with E-state index in [-0.39, 0.29) is 23.0 Å². The van der Waals surface area contributed by atoms with Crippen LogP contribution in [0.1, 0.15) is 39.2 Å². The molecule has 0 aliphatic heterocycles. The number of benzene rings is 3. The highest BCUT2D eigenvalue weighted by molar-refractivity contribution is 7.92. The number of nitrogens with one attached hydrogen (secondary N) is 1. The Morgan fingerprint density at radius 2 is 1.66 bits per heavy atom. The number of anilines is 1. The van der Waals surface area contributed by atoms with Crippen LogP contribution in [0.25, 0.3) is 0 Å². The quantitative estimate of drug-likeness (QED) is 0.263. The highest BCUT2D eigenvalue weighted by Gasteiger charge is 2.33. The Balaban J connectivity index is 2.05. The lowest BCUT2D eigenvalue weighted by molar-refractivity contribution is -0.139. The maximum absolute atomic E-state index is 14.1. The summed E-state index contributed by atoms with van der Waals surface area (Å²) in [5.74, 6) is 0.0690. The second kappa shape index (κ2) is 15.1. The predicted octanol–water partition coefficient (Wildman–Crippen LogP) is 4.62. The number of hydrogen-bond donors (Lipinski definition) is 1. The van der Waals surface area contributed by atoms with Gasteiger partial charge in [-0.25, -0.2) is 8.42 Å². The van der Waals surface area contributed by atoms with E-state index < -0.39 is 28.5 Å². The molecule has 0 aliphatic rings. The molecule has 3 rings (SSSR count). The predicted molar refractivity (Wildman–Crippen MR) is 160 cm³/mol. The van der Waals surface area contributed by atoms with Crippen molar-refractivity contribution in [2.45, 2.75) is 51.1 Å². The van der Waals surface area contributed by atoms with Crippen molar-refractivity contribution in [2.24, 2.45) is 0 Å². The van der Waals surface area contributed by atoms with Crippen LogP contribution >= 0.6 is 0 Å².